The summed E-state index contributed by atoms with van der Waals surface area (Å²) in [6.07, 6.45) is 8.42. The zero-order chi connectivity index (χ0) is 20.0. The van der Waals surface area contributed by atoms with Gasteiger partial charge in [-0.05, 0) is 31.4 Å². The molecule has 1 saturated carbocycles. The molecule has 1 aromatic carbocycles. The summed E-state index contributed by atoms with van der Waals surface area (Å²) in [6, 6.07) is 4.12. The van der Waals surface area contributed by atoms with E-state index in [-0.39, 0.29) is 11.2 Å². The van der Waals surface area contributed by atoms with Crippen molar-refractivity contribution in [2.45, 2.75) is 31.3 Å². The van der Waals surface area contributed by atoms with Crippen LogP contribution in [0.5, 0.6) is 0 Å². The largest absolute Gasteiger partial charge is 0.354 e. The molecule has 2 fully saturated rings. The number of anilines is 2. The minimum Gasteiger partial charge on any atom is -0.354 e. The normalized spacial score (nSPS) is 19.1. The number of benzene rings is 1. The SMILES string of the molecule is Cn1cc2cc(NC(=O)c3cnc(N4CC[C@@H](NC5CC5)C4)cn3)cc(F)c2n1. The molecule has 1 aliphatic carbocycles. The van der Waals surface area contributed by atoms with E-state index in [0.717, 1.165) is 25.3 Å². The van der Waals surface area contributed by atoms with Crippen LogP contribution in [-0.2, 0) is 7.05 Å². The van der Waals surface area contributed by atoms with Gasteiger partial charge >= 0.3 is 0 Å². The van der Waals surface area contributed by atoms with Crippen LogP contribution in [0.3, 0.4) is 0 Å². The van der Waals surface area contributed by atoms with E-state index in [0.29, 0.717) is 23.2 Å². The molecule has 29 heavy (non-hydrogen) atoms. The molecule has 2 aromatic heterocycles. The first-order valence-corrected chi connectivity index (χ1v) is 9.82. The first kappa shape index (κ1) is 18.0. The van der Waals surface area contributed by atoms with E-state index in [9.17, 15) is 9.18 Å². The van der Waals surface area contributed by atoms with Crippen molar-refractivity contribution < 1.29 is 9.18 Å². The van der Waals surface area contributed by atoms with Crippen LogP contribution >= 0.6 is 0 Å². The second-order valence-corrected chi connectivity index (χ2v) is 7.79. The van der Waals surface area contributed by atoms with Crippen molar-refractivity contribution in [3.63, 3.8) is 0 Å². The maximum atomic E-state index is 14.2. The number of amides is 1. The van der Waals surface area contributed by atoms with Gasteiger partial charge in [-0.15, -0.1) is 0 Å². The highest BCUT2D eigenvalue weighted by molar-refractivity contribution is 6.03. The fourth-order valence-corrected chi connectivity index (χ4v) is 3.77. The summed E-state index contributed by atoms with van der Waals surface area (Å²) in [6.45, 7) is 1.83. The van der Waals surface area contributed by atoms with Crippen molar-refractivity contribution in [2.75, 3.05) is 23.3 Å². The van der Waals surface area contributed by atoms with Crippen molar-refractivity contribution in [2.24, 2.45) is 7.05 Å². The van der Waals surface area contributed by atoms with Gasteiger partial charge in [-0.3, -0.25) is 9.48 Å². The van der Waals surface area contributed by atoms with Crippen LogP contribution in [0.25, 0.3) is 10.9 Å². The van der Waals surface area contributed by atoms with Gasteiger partial charge in [0.2, 0.25) is 0 Å². The molecule has 5 rings (SSSR count). The summed E-state index contributed by atoms with van der Waals surface area (Å²) in [5, 5.41) is 11.0. The fraction of sp³-hybridized carbons (Fsp3) is 0.400. The third-order valence-electron chi connectivity index (χ3n) is 5.37. The van der Waals surface area contributed by atoms with Crippen molar-refractivity contribution in [3.05, 3.63) is 42.2 Å². The van der Waals surface area contributed by atoms with Crippen molar-refractivity contribution in [1.29, 1.82) is 0 Å². The Labute approximate surface area is 167 Å². The highest BCUT2D eigenvalue weighted by atomic mass is 19.1. The molecule has 1 aliphatic heterocycles. The maximum Gasteiger partial charge on any atom is 0.275 e. The number of aryl methyl sites for hydroxylation is 1. The molecular weight excluding hydrogens is 373 g/mol. The molecule has 3 heterocycles. The standard InChI is InChI=1S/C20H22FN7O/c1-27-10-12-6-15(7-16(21)19(12)26-27)25-20(29)17-8-23-18(9-22-17)28-5-4-14(11-28)24-13-2-3-13/h6-10,13-14,24H,2-5,11H2,1H3,(H,25,29)/t14-/m1/s1. The van der Waals surface area contributed by atoms with Crippen molar-refractivity contribution in [3.8, 4) is 0 Å². The summed E-state index contributed by atoms with van der Waals surface area (Å²) in [7, 11) is 1.72. The van der Waals surface area contributed by atoms with Crippen LogP contribution in [-0.4, -0.2) is 50.8 Å². The predicted octanol–water partition coefficient (Wildman–Crippen LogP) is 2.09. The molecular formula is C20H22FN7O. The number of carbonyl (C=O) groups excluding carboxylic acids is 1. The van der Waals surface area contributed by atoms with Gasteiger partial charge in [0, 0.05) is 49.5 Å². The second kappa shape index (κ2) is 7.07. The third-order valence-corrected chi connectivity index (χ3v) is 5.37. The Morgan fingerprint density at radius 3 is 2.79 bits per heavy atom. The zero-order valence-electron chi connectivity index (χ0n) is 16.1. The maximum absolute atomic E-state index is 14.2. The van der Waals surface area contributed by atoms with Crippen molar-refractivity contribution >= 4 is 28.3 Å². The zero-order valence-corrected chi connectivity index (χ0v) is 16.1. The van der Waals surface area contributed by atoms with Gasteiger partial charge in [-0.1, -0.05) is 0 Å². The van der Waals surface area contributed by atoms with E-state index >= 15 is 0 Å². The molecule has 1 saturated heterocycles. The lowest BCUT2D eigenvalue weighted by molar-refractivity contribution is 0.102. The molecule has 0 radical (unpaired) electrons. The summed E-state index contributed by atoms with van der Waals surface area (Å²) in [5.41, 5.74) is 0.814. The Morgan fingerprint density at radius 2 is 2.03 bits per heavy atom. The van der Waals surface area contributed by atoms with Gasteiger partial charge in [0.25, 0.3) is 5.91 Å². The minimum absolute atomic E-state index is 0.187. The van der Waals surface area contributed by atoms with Gasteiger partial charge < -0.3 is 15.5 Å². The lowest BCUT2D eigenvalue weighted by Gasteiger charge is -2.17. The topological polar surface area (TPSA) is 88.0 Å². The van der Waals surface area contributed by atoms with E-state index in [2.05, 4.69) is 30.6 Å². The number of carbonyl (C=O) groups is 1. The molecule has 3 aromatic rings. The van der Waals surface area contributed by atoms with E-state index in [1.54, 1.807) is 25.5 Å². The highest BCUT2D eigenvalue weighted by Gasteiger charge is 2.29. The highest BCUT2D eigenvalue weighted by Crippen LogP contribution is 2.24. The number of aromatic nitrogens is 4. The van der Waals surface area contributed by atoms with Crippen molar-refractivity contribution in [1.82, 2.24) is 25.1 Å². The quantitative estimate of drug-likeness (QED) is 0.688. The summed E-state index contributed by atoms with van der Waals surface area (Å²) >= 11 is 0. The number of nitrogens with zero attached hydrogens (tertiary/aromatic N) is 5. The lowest BCUT2D eigenvalue weighted by Crippen LogP contribution is -2.34. The van der Waals surface area contributed by atoms with E-state index in [1.807, 2.05) is 0 Å². The molecule has 1 amide bonds. The average Bonchev–Trinajstić information content (AvgIpc) is 3.24. The van der Waals surface area contributed by atoms with E-state index in [4.69, 9.17) is 0 Å². The molecule has 2 aliphatic rings. The minimum atomic E-state index is -0.483. The van der Waals surface area contributed by atoms with Crippen LogP contribution in [0, 0.1) is 5.82 Å². The number of fused-ring (bicyclic) bond motifs is 1. The van der Waals surface area contributed by atoms with E-state index in [1.165, 1.54) is 29.8 Å². The van der Waals surface area contributed by atoms with Crippen LogP contribution < -0.4 is 15.5 Å². The molecule has 1 atom stereocenters. The average molecular weight is 395 g/mol. The molecule has 8 nitrogen and oxygen atoms in total. The van der Waals surface area contributed by atoms with Gasteiger partial charge in [-0.2, -0.15) is 5.10 Å². The smallest absolute Gasteiger partial charge is 0.275 e. The Kier molecular flexibility index (Phi) is 4.39. The number of rotatable bonds is 5. The third kappa shape index (κ3) is 3.77. The fourth-order valence-electron chi connectivity index (χ4n) is 3.77. The molecule has 0 spiro atoms. The van der Waals surface area contributed by atoms with Crippen LogP contribution in [0.1, 0.15) is 29.8 Å². The predicted molar refractivity (Wildman–Crippen MR) is 107 cm³/mol. The molecule has 9 heteroatoms. The Balaban J connectivity index is 1.26. The van der Waals surface area contributed by atoms with Gasteiger partial charge in [-0.25, -0.2) is 14.4 Å². The van der Waals surface area contributed by atoms with E-state index < -0.39 is 11.7 Å². The summed E-state index contributed by atoms with van der Waals surface area (Å²) < 4.78 is 15.7. The Bertz CT molecular complexity index is 1060. The number of halogens is 1. The van der Waals surface area contributed by atoms with Gasteiger partial charge in [0.15, 0.2) is 5.82 Å². The van der Waals surface area contributed by atoms with Gasteiger partial charge in [0.05, 0.1) is 12.4 Å². The lowest BCUT2D eigenvalue weighted by atomic mass is 10.2. The number of hydrogen-bond donors (Lipinski definition) is 2. The molecule has 150 valence electrons. The van der Waals surface area contributed by atoms with Crippen LogP contribution in [0.2, 0.25) is 0 Å². The molecule has 0 bridgehead atoms. The Morgan fingerprint density at radius 1 is 1.17 bits per heavy atom. The van der Waals surface area contributed by atoms with Gasteiger partial charge in [0.1, 0.15) is 17.0 Å². The number of hydrogen-bond acceptors (Lipinski definition) is 6. The van der Waals surface area contributed by atoms with Crippen LogP contribution in [0.4, 0.5) is 15.9 Å². The second-order valence-electron chi connectivity index (χ2n) is 7.79. The summed E-state index contributed by atoms with van der Waals surface area (Å²) in [5.74, 6) is -0.144. The summed E-state index contributed by atoms with van der Waals surface area (Å²) in [4.78, 5) is 23.4. The van der Waals surface area contributed by atoms with Crippen LogP contribution in [0.15, 0.2) is 30.7 Å². The first-order chi connectivity index (χ1) is 14.0. The first-order valence-electron chi connectivity index (χ1n) is 9.82. The monoisotopic (exact) mass is 395 g/mol. The Hall–Kier alpha value is -3.07. The number of nitrogens with one attached hydrogen (secondary N) is 2. The molecule has 2 N–H and O–H groups in total. The molecule has 0 unspecified atom stereocenters.